The average molecular weight is 265 g/mol. The van der Waals surface area contributed by atoms with Gasteiger partial charge in [-0.05, 0) is 30.3 Å². The number of hydrogen-bond donors (Lipinski definition) is 1. The van der Waals surface area contributed by atoms with Gasteiger partial charge < -0.3 is 5.32 Å². The maximum atomic E-state index is 13.3. The normalized spacial score (nSPS) is 10.3. The summed E-state index contributed by atoms with van der Waals surface area (Å²) in [5.41, 5.74) is 0.498. The number of benzene rings is 2. The van der Waals surface area contributed by atoms with E-state index in [4.69, 9.17) is 0 Å². The summed E-state index contributed by atoms with van der Waals surface area (Å²) in [5.74, 6) is 0.257. The van der Waals surface area contributed by atoms with Crippen molar-refractivity contribution in [2.24, 2.45) is 0 Å². The minimum atomic E-state index is -0.256. The van der Waals surface area contributed by atoms with E-state index in [2.05, 4.69) is 5.32 Å². The molecule has 2 aromatic rings. The fraction of sp³-hybridized carbons (Fsp3) is 0.143. The molecule has 0 saturated heterocycles. The van der Waals surface area contributed by atoms with Crippen molar-refractivity contribution in [3.8, 4) is 0 Å². The largest absolute Gasteiger partial charge is 0.382 e. The van der Waals surface area contributed by atoms with Gasteiger partial charge in [-0.1, -0.05) is 18.2 Å². The molecule has 0 aromatic heterocycles. The number of hydrogen-bond acceptors (Lipinski definition) is 2. The highest BCUT2D eigenvalue weighted by molar-refractivity contribution is 7.99. The van der Waals surface area contributed by atoms with Crippen LogP contribution in [-0.2, 0) is 0 Å². The van der Waals surface area contributed by atoms with Gasteiger partial charge in [-0.25, -0.2) is 8.78 Å². The molecule has 0 bridgehead atoms. The molecule has 18 heavy (non-hydrogen) atoms. The van der Waals surface area contributed by atoms with E-state index in [-0.39, 0.29) is 11.6 Å². The fourth-order valence-electron chi connectivity index (χ4n) is 1.52. The van der Waals surface area contributed by atoms with Gasteiger partial charge in [0, 0.05) is 17.2 Å². The van der Waals surface area contributed by atoms with E-state index in [1.165, 1.54) is 30.0 Å². The number of nitrogens with one attached hydrogen (secondary N) is 1. The molecule has 4 heteroatoms. The lowest BCUT2D eigenvalue weighted by molar-refractivity contribution is 0.624. The summed E-state index contributed by atoms with van der Waals surface area (Å²) in [5, 5.41) is 3.01. The standard InChI is InChI=1S/C14H13F2NS/c15-11-4-3-5-12(10-11)18-9-8-17-14-7-2-1-6-13(14)16/h1-7,10,17H,8-9H2. The number of para-hydroxylation sites is 1. The van der Waals surface area contributed by atoms with Gasteiger partial charge in [0.25, 0.3) is 0 Å². The molecular weight excluding hydrogens is 252 g/mol. The Labute approximate surface area is 109 Å². The third kappa shape index (κ3) is 3.74. The Morgan fingerprint density at radius 3 is 2.61 bits per heavy atom. The van der Waals surface area contributed by atoms with E-state index < -0.39 is 0 Å². The molecular formula is C14H13F2NS. The van der Waals surface area contributed by atoms with Gasteiger partial charge in [-0.3, -0.25) is 0 Å². The number of thioether (sulfide) groups is 1. The van der Waals surface area contributed by atoms with Crippen molar-refractivity contribution in [2.45, 2.75) is 4.90 Å². The highest BCUT2D eigenvalue weighted by Crippen LogP contribution is 2.19. The van der Waals surface area contributed by atoms with E-state index in [9.17, 15) is 8.78 Å². The zero-order valence-electron chi connectivity index (χ0n) is 9.70. The zero-order valence-corrected chi connectivity index (χ0v) is 10.5. The molecule has 0 heterocycles. The first-order valence-electron chi connectivity index (χ1n) is 5.62. The van der Waals surface area contributed by atoms with Gasteiger partial charge in [0.2, 0.25) is 0 Å². The lowest BCUT2D eigenvalue weighted by Crippen LogP contribution is -2.05. The summed E-state index contributed by atoms with van der Waals surface area (Å²) in [7, 11) is 0. The van der Waals surface area contributed by atoms with Crippen LogP contribution in [0.3, 0.4) is 0 Å². The van der Waals surface area contributed by atoms with Crippen molar-refractivity contribution < 1.29 is 8.78 Å². The topological polar surface area (TPSA) is 12.0 Å². The molecule has 0 spiro atoms. The minimum Gasteiger partial charge on any atom is -0.382 e. The molecule has 0 aliphatic carbocycles. The molecule has 1 N–H and O–H groups in total. The van der Waals surface area contributed by atoms with Gasteiger partial charge in [0.15, 0.2) is 0 Å². The molecule has 0 unspecified atom stereocenters. The van der Waals surface area contributed by atoms with Gasteiger partial charge in [0.05, 0.1) is 5.69 Å². The quantitative estimate of drug-likeness (QED) is 0.643. The first-order chi connectivity index (χ1) is 8.75. The molecule has 2 rings (SSSR count). The van der Waals surface area contributed by atoms with Crippen LogP contribution in [0.5, 0.6) is 0 Å². The van der Waals surface area contributed by atoms with Crippen molar-refractivity contribution in [2.75, 3.05) is 17.6 Å². The van der Waals surface area contributed by atoms with Gasteiger partial charge in [-0.2, -0.15) is 0 Å². The van der Waals surface area contributed by atoms with Gasteiger partial charge in [-0.15, -0.1) is 11.8 Å². The molecule has 0 saturated carbocycles. The van der Waals surface area contributed by atoms with Crippen molar-refractivity contribution in [3.63, 3.8) is 0 Å². The Hall–Kier alpha value is -1.55. The monoisotopic (exact) mass is 265 g/mol. The highest BCUT2D eigenvalue weighted by Gasteiger charge is 1.99. The van der Waals surface area contributed by atoms with Crippen LogP contribution in [0.2, 0.25) is 0 Å². The first kappa shape index (κ1) is 12.9. The summed E-state index contributed by atoms with van der Waals surface area (Å²) >= 11 is 1.53. The third-order valence-corrected chi connectivity index (χ3v) is 3.35. The maximum absolute atomic E-state index is 13.3. The molecule has 0 aliphatic rings. The predicted octanol–water partition coefficient (Wildman–Crippen LogP) is 4.17. The molecule has 94 valence electrons. The smallest absolute Gasteiger partial charge is 0.146 e. The minimum absolute atomic E-state index is 0.234. The summed E-state index contributed by atoms with van der Waals surface area (Å²) in [6, 6.07) is 13.0. The average Bonchev–Trinajstić information content (AvgIpc) is 2.37. The van der Waals surface area contributed by atoms with E-state index in [0.29, 0.717) is 12.2 Å². The Balaban J connectivity index is 1.78. The van der Waals surface area contributed by atoms with Crippen molar-refractivity contribution in [3.05, 3.63) is 60.2 Å². The van der Waals surface area contributed by atoms with Crippen LogP contribution >= 0.6 is 11.8 Å². The van der Waals surface area contributed by atoms with Crippen LogP contribution < -0.4 is 5.32 Å². The van der Waals surface area contributed by atoms with Gasteiger partial charge in [0.1, 0.15) is 11.6 Å². The van der Waals surface area contributed by atoms with Crippen LogP contribution in [0.4, 0.5) is 14.5 Å². The summed E-state index contributed by atoms with van der Waals surface area (Å²) in [6.45, 7) is 0.627. The second-order valence-corrected chi connectivity index (χ2v) is 4.88. The van der Waals surface area contributed by atoms with E-state index in [1.54, 1.807) is 24.3 Å². The maximum Gasteiger partial charge on any atom is 0.146 e. The van der Waals surface area contributed by atoms with Crippen molar-refractivity contribution >= 4 is 17.4 Å². The predicted molar refractivity (Wildman–Crippen MR) is 72.0 cm³/mol. The van der Waals surface area contributed by atoms with Crippen LogP contribution in [0.15, 0.2) is 53.4 Å². The Morgan fingerprint density at radius 2 is 1.83 bits per heavy atom. The van der Waals surface area contributed by atoms with Crippen LogP contribution in [0, 0.1) is 11.6 Å². The molecule has 2 aromatic carbocycles. The lowest BCUT2D eigenvalue weighted by Gasteiger charge is -2.07. The number of rotatable bonds is 5. The number of anilines is 1. The van der Waals surface area contributed by atoms with Crippen molar-refractivity contribution in [1.29, 1.82) is 0 Å². The Bertz CT molecular complexity index is 517. The molecule has 0 radical (unpaired) electrons. The van der Waals surface area contributed by atoms with Gasteiger partial charge >= 0.3 is 0 Å². The fourth-order valence-corrected chi connectivity index (χ4v) is 2.33. The zero-order chi connectivity index (χ0) is 12.8. The second-order valence-electron chi connectivity index (χ2n) is 3.71. The van der Waals surface area contributed by atoms with Crippen molar-refractivity contribution in [1.82, 2.24) is 0 Å². The molecule has 0 atom stereocenters. The second kappa shape index (κ2) is 6.40. The molecule has 0 aliphatic heterocycles. The van der Waals surface area contributed by atoms with E-state index >= 15 is 0 Å². The van der Waals surface area contributed by atoms with E-state index in [1.807, 2.05) is 6.07 Å². The van der Waals surface area contributed by atoms with E-state index in [0.717, 1.165) is 10.6 Å². The highest BCUT2D eigenvalue weighted by atomic mass is 32.2. The lowest BCUT2D eigenvalue weighted by atomic mass is 10.3. The SMILES string of the molecule is Fc1cccc(SCCNc2ccccc2F)c1. The molecule has 0 amide bonds. The molecule has 0 fully saturated rings. The Kier molecular flexibility index (Phi) is 4.59. The van der Waals surface area contributed by atoms with Crippen LogP contribution in [0.1, 0.15) is 0 Å². The summed E-state index contributed by atoms with van der Waals surface area (Å²) < 4.78 is 26.2. The first-order valence-corrected chi connectivity index (χ1v) is 6.61. The third-order valence-electron chi connectivity index (χ3n) is 2.36. The summed E-state index contributed by atoms with van der Waals surface area (Å²) in [6.07, 6.45) is 0. The van der Waals surface area contributed by atoms with Crippen LogP contribution in [0.25, 0.3) is 0 Å². The molecule has 1 nitrogen and oxygen atoms in total. The Morgan fingerprint density at radius 1 is 1.00 bits per heavy atom. The van der Waals surface area contributed by atoms with Crippen LogP contribution in [-0.4, -0.2) is 12.3 Å². The number of halogens is 2. The summed E-state index contributed by atoms with van der Waals surface area (Å²) in [4.78, 5) is 0.880.